The summed E-state index contributed by atoms with van der Waals surface area (Å²) in [6.45, 7) is 14.1. The van der Waals surface area contributed by atoms with Crippen molar-refractivity contribution in [2.75, 3.05) is 0 Å². The first kappa shape index (κ1) is 13.7. The van der Waals surface area contributed by atoms with Gasteiger partial charge in [-0.3, -0.25) is 0 Å². The van der Waals surface area contributed by atoms with E-state index in [0.717, 1.165) is 0 Å². The Kier molecular flexibility index (Phi) is 2.80. The van der Waals surface area contributed by atoms with E-state index in [4.69, 9.17) is 0 Å². The minimum absolute atomic E-state index is 0.210. The van der Waals surface area contributed by atoms with E-state index in [1.165, 1.54) is 22.8 Å². The smallest absolute Gasteiger partial charge is 0.00638 e. The van der Waals surface area contributed by atoms with E-state index in [0.29, 0.717) is 11.3 Å². The van der Waals surface area contributed by atoms with Crippen LogP contribution in [0.5, 0.6) is 0 Å². The van der Waals surface area contributed by atoms with Gasteiger partial charge < -0.3 is 0 Å². The molecule has 0 N–H and O–H groups in total. The Morgan fingerprint density at radius 2 is 1.50 bits per heavy atom. The third-order valence-corrected chi connectivity index (χ3v) is 4.80. The number of hydrogen-bond donors (Lipinski definition) is 0. The molecule has 2 aromatic rings. The van der Waals surface area contributed by atoms with Gasteiger partial charge in [-0.25, -0.2) is 0 Å². The standard InChI is InChI=1S/C20H26/c1-19(2,3)16-11-13-12-17(20(4,5)6)18(13)15-10-8-7-9-14(15)16/h7-11,17H,12H2,1-6H3. The number of benzene rings is 2. The molecule has 0 amide bonds. The van der Waals surface area contributed by atoms with Crippen molar-refractivity contribution in [3.63, 3.8) is 0 Å². The molecule has 0 nitrogen and oxygen atoms in total. The second-order valence-electron chi connectivity index (χ2n) is 8.42. The maximum Gasteiger partial charge on any atom is -0.00638 e. The Balaban J connectivity index is 2.29. The maximum absolute atomic E-state index is 2.47. The predicted molar refractivity (Wildman–Crippen MR) is 88.5 cm³/mol. The fraction of sp³-hybridized carbons (Fsp3) is 0.500. The van der Waals surface area contributed by atoms with Crippen LogP contribution in [-0.2, 0) is 11.8 Å². The second kappa shape index (κ2) is 4.10. The first-order chi connectivity index (χ1) is 9.19. The van der Waals surface area contributed by atoms with Crippen molar-refractivity contribution in [1.29, 1.82) is 0 Å². The maximum atomic E-state index is 2.47. The van der Waals surface area contributed by atoms with E-state index in [1.807, 2.05) is 0 Å². The Bertz CT molecular complexity index is 663. The van der Waals surface area contributed by atoms with Gasteiger partial charge >= 0.3 is 0 Å². The van der Waals surface area contributed by atoms with Crippen LogP contribution in [0.15, 0.2) is 30.3 Å². The van der Waals surface area contributed by atoms with E-state index in [2.05, 4.69) is 71.9 Å². The molecular weight excluding hydrogens is 240 g/mol. The highest BCUT2D eigenvalue weighted by molar-refractivity contribution is 5.92. The highest BCUT2D eigenvalue weighted by atomic mass is 14.4. The average Bonchev–Trinajstić information content (AvgIpc) is 2.25. The Hall–Kier alpha value is -1.30. The van der Waals surface area contributed by atoms with Gasteiger partial charge in [0.25, 0.3) is 0 Å². The molecule has 0 saturated carbocycles. The Labute approximate surface area is 123 Å². The lowest BCUT2D eigenvalue weighted by molar-refractivity contribution is 0.293. The van der Waals surface area contributed by atoms with Crippen LogP contribution >= 0.6 is 0 Å². The summed E-state index contributed by atoms with van der Waals surface area (Å²) in [6.07, 6.45) is 1.24. The molecular formula is C20H26. The Morgan fingerprint density at radius 3 is 2.05 bits per heavy atom. The third-order valence-electron chi connectivity index (χ3n) is 4.80. The van der Waals surface area contributed by atoms with E-state index in [1.54, 1.807) is 11.1 Å². The zero-order valence-corrected chi connectivity index (χ0v) is 13.7. The van der Waals surface area contributed by atoms with E-state index >= 15 is 0 Å². The van der Waals surface area contributed by atoms with Crippen molar-refractivity contribution < 1.29 is 0 Å². The summed E-state index contributed by atoms with van der Waals surface area (Å²) in [5, 5.41) is 2.94. The predicted octanol–water partition coefficient (Wildman–Crippen LogP) is 5.82. The summed E-state index contributed by atoms with van der Waals surface area (Å²) in [6, 6.07) is 11.5. The molecule has 1 unspecified atom stereocenters. The molecule has 0 saturated heterocycles. The highest BCUT2D eigenvalue weighted by Gasteiger charge is 2.38. The van der Waals surface area contributed by atoms with Crippen LogP contribution in [0.1, 0.15) is 64.2 Å². The molecule has 1 atom stereocenters. The van der Waals surface area contributed by atoms with Crippen molar-refractivity contribution in [1.82, 2.24) is 0 Å². The lowest BCUT2D eigenvalue weighted by Gasteiger charge is -2.42. The summed E-state index contributed by atoms with van der Waals surface area (Å²) >= 11 is 0. The monoisotopic (exact) mass is 266 g/mol. The zero-order valence-electron chi connectivity index (χ0n) is 13.7. The first-order valence-electron chi connectivity index (χ1n) is 7.74. The molecule has 106 valence electrons. The fourth-order valence-electron chi connectivity index (χ4n) is 3.59. The van der Waals surface area contributed by atoms with Crippen LogP contribution in [0.2, 0.25) is 0 Å². The van der Waals surface area contributed by atoms with Gasteiger partial charge in [0.15, 0.2) is 0 Å². The van der Waals surface area contributed by atoms with Gasteiger partial charge in [0.1, 0.15) is 0 Å². The molecule has 2 aromatic carbocycles. The first-order valence-corrected chi connectivity index (χ1v) is 7.74. The molecule has 0 aromatic heterocycles. The van der Waals surface area contributed by atoms with Gasteiger partial charge in [0.05, 0.1) is 0 Å². The normalized spacial score (nSPS) is 18.8. The molecule has 3 rings (SSSR count). The van der Waals surface area contributed by atoms with Crippen molar-refractivity contribution >= 4 is 10.8 Å². The minimum Gasteiger partial charge on any atom is -0.0616 e. The highest BCUT2D eigenvalue weighted by Crippen LogP contribution is 2.51. The van der Waals surface area contributed by atoms with Gasteiger partial charge in [-0.05, 0) is 50.6 Å². The molecule has 1 aliphatic rings. The summed E-state index contributed by atoms with van der Waals surface area (Å²) < 4.78 is 0. The van der Waals surface area contributed by atoms with Crippen LogP contribution in [-0.4, -0.2) is 0 Å². The van der Waals surface area contributed by atoms with E-state index in [9.17, 15) is 0 Å². The van der Waals surface area contributed by atoms with Crippen molar-refractivity contribution in [2.45, 2.75) is 59.3 Å². The lowest BCUT2D eigenvalue weighted by Crippen LogP contribution is -2.30. The van der Waals surface area contributed by atoms with Crippen LogP contribution in [0.4, 0.5) is 0 Å². The average molecular weight is 266 g/mol. The van der Waals surface area contributed by atoms with Gasteiger partial charge in [0, 0.05) is 0 Å². The van der Waals surface area contributed by atoms with E-state index in [-0.39, 0.29) is 5.41 Å². The van der Waals surface area contributed by atoms with Crippen LogP contribution in [0.3, 0.4) is 0 Å². The summed E-state index contributed by atoms with van der Waals surface area (Å²) in [5.41, 5.74) is 5.26. The molecule has 0 heterocycles. The van der Waals surface area contributed by atoms with Crippen LogP contribution in [0.25, 0.3) is 10.8 Å². The Morgan fingerprint density at radius 1 is 0.900 bits per heavy atom. The molecule has 0 spiro atoms. The van der Waals surface area contributed by atoms with Crippen molar-refractivity contribution in [3.05, 3.63) is 47.0 Å². The number of fused-ring (bicyclic) bond motifs is 3. The largest absolute Gasteiger partial charge is 0.0616 e. The summed E-state index contributed by atoms with van der Waals surface area (Å²) in [5.74, 6) is 0.705. The topological polar surface area (TPSA) is 0 Å². The molecule has 0 heteroatoms. The summed E-state index contributed by atoms with van der Waals surface area (Å²) in [7, 11) is 0. The number of hydrogen-bond acceptors (Lipinski definition) is 0. The minimum atomic E-state index is 0.210. The molecule has 0 radical (unpaired) electrons. The van der Waals surface area contributed by atoms with Gasteiger partial charge in [0.2, 0.25) is 0 Å². The molecule has 0 fully saturated rings. The van der Waals surface area contributed by atoms with E-state index < -0.39 is 0 Å². The SMILES string of the molecule is CC(C)(C)c1cc2c(c3ccccc13)C(C(C)(C)C)C2. The molecule has 0 aliphatic heterocycles. The van der Waals surface area contributed by atoms with Gasteiger partial charge in [-0.2, -0.15) is 0 Å². The van der Waals surface area contributed by atoms with Gasteiger partial charge in [-0.1, -0.05) is 71.9 Å². The molecule has 1 aliphatic carbocycles. The quantitative estimate of drug-likeness (QED) is 0.563. The molecule has 0 bridgehead atoms. The van der Waals surface area contributed by atoms with Crippen molar-refractivity contribution in [2.24, 2.45) is 5.41 Å². The van der Waals surface area contributed by atoms with Crippen LogP contribution in [0, 0.1) is 5.41 Å². The van der Waals surface area contributed by atoms with Crippen LogP contribution < -0.4 is 0 Å². The second-order valence-corrected chi connectivity index (χ2v) is 8.42. The molecule has 20 heavy (non-hydrogen) atoms. The van der Waals surface area contributed by atoms with Crippen molar-refractivity contribution in [3.8, 4) is 0 Å². The number of rotatable bonds is 0. The zero-order chi connectivity index (χ0) is 14.7. The fourth-order valence-corrected chi connectivity index (χ4v) is 3.59. The summed E-state index contributed by atoms with van der Waals surface area (Å²) in [4.78, 5) is 0. The lowest BCUT2D eigenvalue weighted by atomic mass is 9.62. The van der Waals surface area contributed by atoms with Gasteiger partial charge in [-0.15, -0.1) is 0 Å². The third kappa shape index (κ3) is 1.97.